The van der Waals surface area contributed by atoms with Gasteiger partial charge in [0.1, 0.15) is 12.0 Å². The monoisotopic (exact) mass is 393 g/mol. The summed E-state index contributed by atoms with van der Waals surface area (Å²) in [5, 5.41) is 2.80. The quantitative estimate of drug-likeness (QED) is 0.751. The van der Waals surface area contributed by atoms with Crippen LogP contribution in [0.4, 0.5) is 5.69 Å². The van der Waals surface area contributed by atoms with Crippen molar-refractivity contribution in [2.75, 3.05) is 32.5 Å². The number of hydrogen-bond acceptors (Lipinski definition) is 6. The Hall–Kier alpha value is -3.55. The molecule has 1 aliphatic rings. The lowest BCUT2D eigenvalue weighted by atomic mass is 10.0. The van der Waals surface area contributed by atoms with Crippen molar-refractivity contribution in [1.82, 2.24) is 19.8 Å². The molecule has 0 atom stereocenters. The van der Waals surface area contributed by atoms with Gasteiger partial charge in [0, 0.05) is 44.2 Å². The normalized spacial score (nSPS) is 13.8. The van der Waals surface area contributed by atoms with Gasteiger partial charge in [-0.15, -0.1) is 0 Å². The molecule has 3 rings (SSSR count). The second-order valence-electron chi connectivity index (χ2n) is 6.93. The van der Waals surface area contributed by atoms with Crippen molar-refractivity contribution < 1.29 is 14.4 Å². The number of hydrogen-bond donors (Lipinski definition) is 1. The molecule has 2 aromatic heterocycles. The van der Waals surface area contributed by atoms with Crippen molar-refractivity contribution in [3.63, 3.8) is 0 Å². The number of amides is 2. The molecule has 0 saturated heterocycles. The number of allylic oxidation sites excluding steroid dienone is 1. The molecule has 8 nitrogen and oxygen atoms in total. The van der Waals surface area contributed by atoms with Crippen molar-refractivity contribution >= 4 is 23.8 Å². The lowest BCUT2D eigenvalue weighted by molar-refractivity contribution is -0.127. The Kier molecular flexibility index (Phi) is 6.33. The fraction of sp³-hybridized carbons (Fsp3) is 0.286. The highest BCUT2D eigenvalue weighted by atomic mass is 16.2. The minimum Gasteiger partial charge on any atom is -0.357 e. The molecule has 2 amide bonds. The Morgan fingerprint density at radius 3 is 2.59 bits per heavy atom. The number of carbonyl (C=O) groups is 3. The molecule has 0 fully saturated rings. The van der Waals surface area contributed by atoms with E-state index in [0.717, 1.165) is 11.3 Å². The van der Waals surface area contributed by atoms with Gasteiger partial charge in [-0.25, -0.2) is 0 Å². The van der Waals surface area contributed by atoms with Gasteiger partial charge in [0.15, 0.2) is 0 Å². The molecule has 0 saturated carbocycles. The summed E-state index contributed by atoms with van der Waals surface area (Å²) >= 11 is 0. The van der Waals surface area contributed by atoms with E-state index in [9.17, 15) is 14.4 Å². The first-order valence-electron chi connectivity index (χ1n) is 9.31. The summed E-state index contributed by atoms with van der Waals surface area (Å²) in [6.45, 7) is 0.525. The Balaban J connectivity index is 1.69. The molecule has 29 heavy (non-hydrogen) atoms. The zero-order chi connectivity index (χ0) is 20.8. The lowest BCUT2D eigenvalue weighted by Gasteiger charge is -2.32. The summed E-state index contributed by atoms with van der Waals surface area (Å²) < 4.78 is 0. The number of aldehydes is 1. The van der Waals surface area contributed by atoms with Crippen molar-refractivity contribution in [2.24, 2.45) is 0 Å². The van der Waals surface area contributed by atoms with Crippen LogP contribution in [-0.4, -0.2) is 65.1 Å². The third-order valence-electron chi connectivity index (χ3n) is 4.60. The molecular formula is C21H23N5O3. The molecule has 8 heteroatoms. The van der Waals surface area contributed by atoms with E-state index in [4.69, 9.17) is 0 Å². The highest BCUT2D eigenvalue weighted by Gasteiger charge is 2.28. The molecule has 3 heterocycles. The standard InChI is InChI=1S/C21H23N5O3/c1-25(2)21(29)20-16(14-27)4-3-11-26(20)13-19(28)24-17-5-6-18(23-12-17)15-7-9-22-10-8-15/h5-10,12,14H,3-4,11,13H2,1-2H3,(H,24,28). The van der Waals surface area contributed by atoms with Gasteiger partial charge >= 0.3 is 0 Å². The van der Waals surface area contributed by atoms with Gasteiger partial charge in [-0.05, 0) is 37.1 Å². The van der Waals surface area contributed by atoms with E-state index in [1.807, 2.05) is 18.2 Å². The maximum atomic E-state index is 12.5. The van der Waals surface area contributed by atoms with Crippen molar-refractivity contribution in [1.29, 1.82) is 0 Å². The maximum Gasteiger partial charge on any atom is 0.270 e. The van der Waals surface area contributed by atoms with Crippen LogP contribution in [0.1, 0.15) is 12.8 Å². The van der Waals surface area contributed by atoms with Gasteiger partial charge < -0.3 is 15.1 Å². The molecule has 1 N–H and O–H groups in total. The number of likely N-dealkylation sites (N-methyl/N-ethyl adjacent to an activating group) is 1. The van der Waals surface area contributed by atoms with Crippen LogP contribution in [0.3, 0.4) is 0 Å². The Bertz CT molecular complexity index is 923. The van der Waals surface area contributed by atoms with Gasteiger partial charge in [-0.2, -0.15) is 0 Å². The van der Waals surface area contributed by atoms with E-state index in [0.29, 0.717) is 42.6 Å². The van der Waals surface area contributed by atoms with Gasteiger partial charge in [-0.1, -0.05) is 0 Å². The van der Waals surface area contributed by atoms with Gasteiger partial charge in [0.2, 0.25) is 5.91 Å². The first-order chi connectivity index (χ1) is 14.0. The summed E-state index contributed by atoms with van der Waals surface area (Å²) in [5.41, 5.74) is 3.01. The summed E-state index contributed by atoms with van der Waals surface area (Å²) in [6.07, 6.45) is 6.94. The molecule has 2 aromatic rings. The average Bonchev–Trinajstić information content (AvgIpc) is 2.74. The van der Waals surface area contributed by atoms with Crippen LogP contribution in [0.15, 0.2) is 54.1 Å². The van der Waals surface area contributed by atoms with Crippen molar-refractivity contribution in [3.8, 4) is 11.3 Å². The number of anilines is 1. The summed E-state index contributed by atoms with van der Waals surface area (Å²) in [5.74, 6) is -0.553. The van der Waals surface area contributed by atoms with Crippen molar-refractivity contribution in [3.05, 3.63) is 54.1 Å². The zero-order valence-corrected chi connectivity index (χ0v) is 16.5. The molecule has 150 valence electrons. The minimum absolute atomic E-state index is 0.0155. The smallest absolute Gasteiger partial charge is 0.270 e. The number of carbonyl (C=O) groups excluding carboxylic acids is 3. The Labute approximate surface area is 169 Å². The van der Waals surface area contributed by atoms with Crippen LogP contribution < -0.4 is 5.32 Å². The lowest BCUT2D eigenvalue weighted by Crippen LogP contribution is -2.42. The second-order valence-corrected chi connectivity index (χ2v) is 6.93. The number of aromatic nitrogens is 2. The van der Waals surface area contributed by atoms with Crippen LogP contribution in [0, 0.1) is 0 Å². The summed E-state index contributed by atoms with van der Waals surface area (Å²) in [7, 11) is 3.25. The average molecular weight is 393 g/mol. The fourth-order valence-electron chi connectivity index (χ4n) is 3.19. The number of nitrogens with one attached hydrogen (secondary N) is 1. The Morgan fingerprint density at radius 2 is 1.97 bits per heavy atom. The first-order valence-corrected chi connectivity index (χ1v) is 9.31. The van der Waals surface area contributed by atoms with Crippen LogP contribution in [-0.2, 0) is 14.4 Å². The predicted octanol–water partition coefficient (Wildman–Crippen LogP) is 1.72. The summed E-state index contributed by atoms with van der Waals surface area (Å²) in [6, 6.07) is 7.31. The van der Waals surface area contributed by atoms with Crippen LogP contribution in [0.25, 0.3) is 11.3 Å². The summed E-state index contributed by atoms with van der Waals surface area (Å²) in [4.78, 5) is 47.9. The molecule has 0 radical (unpaired) electrons. The molecule has 0 aromatic carbocycles. The van der Waals surface area contributed by atoms with E-state index >= 15 is 0 Å². The minimum atomic E-state index is -0.278. The van der Waals surface area contributed by atoms with Crippen molar-refractivity contribution in [2.45, 2.75) is 12.8 Å². The van der Waals surface area contributed by atoms with Crippen LogP contribution >= 0.6 is 0 Å². The highest BCUT2D eigenvalue weighted by molar-refractivity contribution is 6.00. The second kappa shape index (κ2) is 9.09. The molecule has 0 aliphatic carbocycles. The third kappa shape index (κ3) is 4.84. The molecule has 1 aliphatic heterocycles. The van der Waals surface area contributed by atoms with E-state index in [-0.39, 0.29) is 18.4 Å². The fourth-order valence-corrected chi connectivity index (χ4v) is 3.19. The molecule has 0 unspecified atom stereocenters. The Morgan fingerprint density at radius 1 is 1.21 bits per heavy atom. The van der Waals surface area contributed by atoms with Crippen LogP contribution in [0.2, 0.25) is 0 Å². The molecule has 0 bridgehead atoms. The van der Waals surface area contributed by atoms with Gasteiger partial charge in [0.05, 0.1) is 24.1 Å². The number of pyridine rings is 2. The highest BCUT2D eigenvalue weighted by Crippen LogP contribution is 2.23. The SMILES string of the molecule is CN(C)C(=O)C1=C(C=O)CCCN1CC(=O)Nc1ccc(-c2ccncc2)nc1. The zero-order valence-electron chi connectivity index (χ0n) is 16.5. The molecule has 0 spiro atoms. The number of nitrogens with zero attached hydrogens (tertiary/aromatic N) is 4. The van der Waals surface area contributed by atoms with Crippen LogP contribution in [0.5, 0.6) is 0 Å². The topological polar surface area (TPSA) is 95.5 Å². The van der Waals surface area contributed by atoms with Gasteiger partial charge in [0.25, 0.3) is 5.91 Å². The van der Waals surface area contributed by atoms with E-state index in [1.165, 1.54) is 4.90 Å². The van der Waals surface area contributed by atoms with E-state index < -0.39 is 0 Å². The predicted molar refractivity (Wildman–Crippen MR) is 109 cm³/mol. The molecular weight excluding hydrogens is 370 g/mol. The largest absolute Gasteiger partial charge is 0.357 e. The first kappa shape index (κ1) is 20.2. The van der Waals surface area contributed by atoms with E-state index in [2.05, 4.69) is 15.3 Å². The third-order valence-corrected chi connectivity index (χ3v) is 4.60. The van der Waals surface area contributed by atoms with Gasteiger partial charge in [-0.3, -0.25) is 24.4 Å². The van der Waals surface area contributed by atoms with E-state index in [1.54, 1.807) is 43.7 Å². The maximum absolute atomic E-state index is 12.5. The number of rotatable bonds is 6.